The highest BCUT2D eigenvalue weighted by molar-refractivity contribution is 6.29. The van der Waals surface area contributed by atoms with Gasteiger partial charge in [0.05, 0.1) is 0 Å². The molecule has 0 amide bonds. The Kier molecular flexibility index (Phi) is 3.13. The van der Waals surface area contributed by atoms with Gasteiger partial charge in [0.1, 0.15) is 0 Å². The van der Waals surface area contributed by atoms with Crippen LogP contribution in [0.4, 0.5) is 0 Å². The summed E-state index contributed by atoms with van der Waals surface area (Å²) in [6.07, 6.45) is 4.35. The molecule has 0 atom stereocenters. The van der Waals surface area contributed by atoms with Gasteiger partial charge in [0.25, 0.3) is 5.56 Å². The van der Waals surface area contributed by atoms with Crippen molar-refractivity contribution >= 4 is 29.0 Å². The van der Waals surface area contributed by atoms with E-state index in [0.717, 1.165) is 11.0 Å². The van der Waals surface area contributed by atoms with E-state index in [9.17, 15) is 9.59 Å². The van der Waals surface area contributed by atoms with Gasteiger partial charge in [-0.2, -0.15) is 4.98 Å². The van der Waals surface area contributed by atoms with Crippen molar-refractivity contribution in [3.63, 3.8) is 0 Å². The third-order valence-corrected chi connectivity index (χ3v) is 3.01. The van der Waals surface area contributed by atoms with Gasteiger partial charge >= 0.3 is 5.69 Å². The first-order valence-corrected chi connectivity index (χ1v) is 5.87. The van der Waals surface area contributed by atoms with E-state index in [1.54, 1.807) is 13.2 Å². The largest absolute Gasteiger partial charge is 0.332 e. The third kappa shape index (κ3) is 1.69. The molecule has 0 radical (unpaired) electrons. The molecule has 18 heavy (non-hydrogen) atoms. The first kappa shape index (κ1) is 12.6. The molecule has 0 aliphatic rings. The Hall–Kier alpha value is -1.82. The van der Waals surface area contributed by atoms with E-state index in [2.05, 4.69) is 4.98 Å². The van der Waals surface area contributed by atoms with Crippen LogP contribution >= 0.6 is 11.6 Å². The molecule has 2 heterocycles. The van der Waals surface area contributed by atoms with E-state index in [1.165, 1.54) is 16.2 Å². The van der Waals surface area contributed by atoms with Crippen molar-refractivity contribution in [3.05, 3.63) is 32.2 Å². The molecule has 0 aliphatic carbocycles. The third-order valence-electron chi connectivity index (χ3n) is 2.74. The van der Waals surface area contributed by atoms with Crippen LogP contribution in [0, 0.1) is 0 Å². The summed E-state index contributed by atoms with van der Waals surface area (Å²) in [7, 11) is 2.99. The molecule has 0 spiro atoms. The van der Waals surface area contributed by atoms with E-state index in [4.69, 9.17) is 11.6 Å². The average Bonchev–Trinajstić information content (AvgIpc) is 2.68. The summed E-state index contributed by atoms with van der Waals surface area (Å²) in [5, 5.41) is 0.160. The molecule has 0 saturated heterocycles. The van der Waals surface area contributed by atoms with Gasteiger partial charge in [-0.05, 0) is 18.0 Å². The molecule has 7 heteroatoms. The summed E-state index contributed by atoms with van der Waals surface area (Å²) in [5.74, 6) is 0. The molecule has 2 aromatic rings. The van der Waals surface area contributed by atoms with E-state index in [1.807, 2.05) is 13.0 Å². The molecule has 2 aromatic heterocycles. The maximum absolute atomic E-state index is 12.1. The molecule has 2 rings (SSSR count). The van der Waals surface area contributed by atoms with Gasteiger partial charge in [0.2, 0.25) is 5.28 Å². The zero-order valence-electron chi connectivity index (χ0n) is 10.3. The maximum atomic E-state index is 12.1. The minimum atomic E-state index is -0.423. The lowest BCUT2D eigenvalue weighted by molar-refractivity contribution is 0.708. The van der Waals surface area contributed by atoms with Gasteiger partial charge in [-0.25, -0.2) is 4.79 Å². The van der Waals surface area contributed by atoms with Crippen LogP contribution < -0.4 is 11.2 Å². The van der Waals surface area contributed by atoms with Gasteiger partial charge in [-0.1, -0.05) is 13.0 Å². The van der Waals surface area contributed by atoms with Gasteiger partial charge < -0.3 is 0 Å². The number of rotatable bonds is 2. The van der Waals surface area contributed by atoms with Crippen LogP contribution in [0.1, 0.15) is 13.3 Å². The van der Waals surface area contributed by atoms with Crippen molar-refractivity contribution in [2.24, 2.45) is 14.1 Å². The summed E-state index contributed by atoms with van der Waals surface area (Å²) in [6.45, 7) is 1.97. The fraction of sp³-hybridized carbons (Fsp3) is 0.364. The number of hydrogen-bond donors (Lipinski definition) is 0. The summed E-state index contributed by atoms with van der Waals surface area (Å²) < 4.78 is 3.83. The number of allylic oxidation sites excluding steroid dienone is 1. The highest BCUT2D eigenvalue weighted by Crippen LogP contribution is 2.15. The molecule has 0 aromatic carbocycles. The fourth-order valence-corrected chi connectivity index (χ4v) is 1.96. The van der Waals surface area contributed by atoms with Crippen LogP contribution in [0.2, 0.25) is 5.28 Å². The number of nitrogens with zero attached hydrogens (tertiary/aromatic N) is 4. The topological polar surface area (TPSA) is 61.8 Å². The van der Waals surface area contributed by atoms with E-state index in [-0.39, 0.29) is 10.9 Å². The standard InChI is InChI=1S/C11H13ClN4O2/c1-4-5-6-16-7-8(13-10(16)12)14(2)11(18)15(3)9(7)17/h5-6H,4H2,1-3H3. The SMILES string of the molecule is CCC=Cn1c(Cl)nc2c1c(=O)n(C)c(=O)n2C. The molecule has 0 fully saturated rings. The van der Waals surface area contributed by atoms with Crippen LogP contribution in [0.3, 0.4) is 0 Å². The van der Waals surface area contributed by atoms with Gasteiger partial charge in [-0.3, -0.25) is 18.5 Å². The Bertz CT molecular complexity index is 751. The summed E-state index contributed by atoms with van der Waals surface area (Å²) in [4.78, 5) is 27.9. The lowest BCUT2D eigenvalue weighted by Crippen LogP contribution is -2.37. The Morgan fingerprint density at radius 3 is 2.56 bits per heavy atom. The number of aryl methyl sites for hydroxylation is 1. The smallest absolute Gasteiger partial charge is 0.284 e. The average molecular weight is 269 g/mol. The number of aromatic nitrogens is 4. The molecular weight excluding hydrogens is 256 g/mol. The van der Waals surface area contributed by atoms with Crippen molar-refractivity contribution < 1.29 is 0 Å². The molecule has 96 valence electrons. The Morgan fingerprint density at radius 2 is 1.94 bits per heavy atom. The van der Waals surface area contributed by atoms with Crippen molar-refractivity contribution in [2.75, 3.05) is 0 Å². The van der Waals surface area contributed by atoms with Crippen LogP contribution in [0.5, 0.6) is 0 Å². The second-order valence-electron chi connectivity index (χ2n) is 3.92. The molecule has 0 saturated carbocycles. The zero-order valence-corrected chi connectivity index (χ0v) is 11.1. The predicted octanol–water partition coefficient (Wildman–Crippen LogP) is 0.968. The van der Waals surface area contributed by atoms with Crippen molar-refractivity contribution in [2.45, 2.75) is 13.3 Å². The number of imidazole rings is 1. The zero-order chi connectivity index (χ0) is 13.4. The van der Waals surface area contributed by atoms with Gasteiger partial charge in [0.15, 0.2) is 11.2 Å². The van der Waals surface area contributed by atoms with Crippen LogP contribution in [0.15, 0.2) is 15.7 Å². The monoisotopic (exact) mass is 268 g/mol. The fourth-order valence-electron chi connectivity index (χ4n) is 1.73. The van der Waals surface area contributed by atoms with E-state index < -0.39 is 11.2 Å². The lowest BCUT2D eigenvalue weighted by atomic mass is 10.4. The summed E-state index contributed by atoms with van der Waals surface area (Å²) in [5.41, 5.74) is -0.246. The van der Waals surface area contributed by atoms with Crippen molar-refractivity contribution in [1.82, 2.24) is 18.7 Å². The minimum Gasteiger partial charge on any atom is -0.284 e. The van der Waals surface area contributed by atoms with Gasteiger partial charge in [-0.15, -0.1) is 0 Å². The normalized spacial score (nSPS) is 11.8. The van der Waals surface area contributed by atoms with Crippen LogP contribution in [-0.4, -0.2) is 18.7 Å². The number of halogens is 1. The highest BCUT2D eigenvalue weighted by Gasteiger charge is 2.16. The predicted molar refractivity (Wildman–Crippen MR) is 70.8 cm³/mol. The Balaban J connectivity index is 2.99. The summed E-state index contributed by atoms with van der Waals surface area (Å²) in [6, 6.07) is 0. The second-order valence-corrected chi connectivity index (χ2v) is 4.26. The molecule has 0 bridgehead atoms. The molecule has 6 nitrogen and oxygen atoms in total. The highest BCUT2D eigenvalue weighted by atomic mass is 35.5. The second kappa shape index (κ2) is 4.45. The number of hydrogen-bond acceptors (Lipinski definition) is 3. The number of fused-ring (bicyclic) bond motifs is 1. The van der Waals surface area contributed by atoms with Crippen molar-refractivity contribution in [3.8, 4) is 0 Å². The maximum Gasteiger partial charge on any atom is 0.332 e. The molecule has 0 unspecified atom stereocenters. The van der Waals surface area contributed by atoms with Crippen LogP contribution in [-0.2, 0) is 14.1 Å². The summed E-state index contributed by atoms with van der Waals surface area (Å²) >= 11 is 5.99. The minimum absolute atomic E-state index is 0.160. The first-order chi connectivity index (χ1) is 8.49. The Morgan fingerprint density at radius 1 is 1.28 bits per heavy atom. The lowest BCUT2D eigenvalue weighted by Gasteiger charge is -2.03. The molecule has 0 aliphatic heterocycles. The van der Waals surface area contributed by atoms with E-state index >= 15 is 0 Å². The van der Waals surface area contributed by atoms with Crippen LogP contribution in [0.25, 0.3) is 17.4 Å². The molecular formula is C11H13ClN4O2. The van der Waals surface area contributed by atoms with Gasteiger partial charge in [0, 0.05) is 20.3 Å². The molecule has 0 N–H and O–H groups in total. The first-order valence-electron chi connectivity index (χ1n) is 5.49. The van der Waals surface area contributed by atoms with Crippen molar-refractivity contribution in [1.29, 1.82) is 0 Å². The quantitative estimate of drug-likeness (QED) is 0.763. The Labute approximate surface area is 108 Å². The van der Waals surface area contributed by atoms with E-state index in [0.29, 0.717) is 5.52 Å².